The maximum atomic E-state index is 11.1. The maximum absolute atomic E-state index is 11.1. The molecule has 0 aliphatic rings. The zero-order valence-electron chi connectivity index (χ0n) is 14.7. The Morgan fingerprint density at radius 3 is 2.69 bits per heavy atom. The largest absolute Gasteiger partial charge is 0.312 e. The van der Waals surface area contributed by atoms with Gasteiger partial charge >= 0.3 is 5.69 Å². The topological polar surface area (TPSA) is 104 Å². The summed E-state index contributed by atoms with van der Waals surface area (Å²) in [5, 5.41) is 28.6. The molecule has 11 heteroatoms. The van der Waals surface area contributed by atoms with Crippen molar-refractivity contribution in [3.05, 3.63) is 49.2 Å². The molecule has 0 saturated heterocycles. The SMILES string of the molecule is Cc1ccc(/C=N\n2c(C)nnc2SCn2nc(C)c([N+](=O)[O-])c2C)s1. The van der Waals surface area contributed by atoms with Crippen LogP contribution in [0.5, 0.6) is 0 Å². The molecule has 0 aliphatic heterocycles. The molecule has 0 unspecified atom stereocenters. The Morgan fingerprint density at radius 2 is 2.08 bits per heavy atom. The molecule has 3 aromatic rings. The summed E-state index contributed by atoms with van der Waals surface area (Å²) in [6, 6.07) is 4.04. The first-order valence-electron chi connectivity index (χ1n) is 7.71. The van der Waals surface area contributed by atoms with Gasteiger partial charge in [-0.1, -0.05) is 11.8 Å². The van der Waals surface area contributed by atoms with Crippen molar-refractivity contribution in [3.8, 4) is 0 Å². The summed E-state index contributed by atoms with van der Waals surface area (Å²) in [6.45, 7) is 7.18. The summed E-state index contributed by atoms with van der Waals surface area (Å²) in [5.74, 6) is 1.04. The van der Waals surface area contributed by atoms with Crippen molar-refractivity contribution in [1.82, 2.24) is 24.7 Å². The molecular weight excluding hydrogens is 374 g/mol. The first-order chi connectivity index (χ1) is 12.4. The molecule has 0 aromatic carbocycles. The maximum Gasteiger partial charge on any atom is 0.312 e. The highest BCUT2D eigenvalue weighted by atomic mass is 32.2. The van der Waals surface area contributed by atoms with Crippen LogP contribution in [0.25, 0.3) is 0 Å². The van der Waals surface area contributed by atoms with Gasteiger partial charge in [-0.15, -0.1) is 21.5 Å². The third-order valence-electron chi connectivity index (χ3n) is 3.67. The van der Waals surface area contributed by atoms with Crippen molar-refractivity contribution >= 4 is 35.0 Å². The van der Waals surface area contributed by atoms with E-state index >= 15 is 0 Å². The average Bonchev–Trinajstić information content (AvgIpc) is 3.22. The summed E-state index contributed by atoms with van der Waals surface area (Å²) in [4.78, 5) is 13.0. The summed E-state index contributed by atoms with van der Waals surface area (Å²) in [5.41, 5.74) is 0.964. The molecule has 136 valence electrons. The van der Waals surface area contributed by atoms with Gasteiger partial charge in [0.15, 0.2) is 5.82 Å². The normalized spacial score (nSPS) is 11.5. The van der Waals surface area contributed by atoms with E-state index in [1.54, 1.807) is 40.8 Å². The zero-order chi connectivity index (χ0) is 18.8. The lowest BCUT2D eigenvalue weighted by molar-refractivity contribution is -0.386. The second-order valence-corrected chi connectivity index (χ2v) is 7.82. The van der Waals surface area contributed by atoms with Gasteiger partial charge in [0.2, 0.25) is 5.16 Å². The molecule has 0 bridgehead atoms. The second kappa shape index (κ2) is 7.38. The number of rotatable bonds is 6. The van der Waals surface area contributed by atoms with Gasteiger partial charge in [0, 0.05) is 9.75 Å². The molecule has 9 nitrogen and oxygen atoms in total. The molecule has 0 fully saturated rings. The van der Waals surface area contributed by atoms with Crippen LogP contribution < -0.4 is 0 Å². The van der Waals surface area contributed by atoms with Gasteiger partial charge in [-0.05, 0) is 39.8 Å². The summed E-state index contributed by atoms with van der Waals surface area (Å²) >= 11 is 3.02. The van der Waals surface area contributed by atoms with E-state index in [0.29, 0.717) is 28.2 Å². The molecule has 0 aliphatic carbocycles. The molecule has 0 atom stereocenters. The predicted octanol–water partition coefficient (Wildman–Crippen LogP) is 3.31. The van der Waals surface area contributed by atoms with E-state index in [0.717, 1.165) is 4.88 Å². The Labute approximate surface area is 157 Å². The molecule has 0 amide bonds. The summed E-state index contributed by atoms with van der Waals surface area (Å²) < 4.78 is 3.25. The summed E-state index contributed by atoms with van der Waals surface area (Å²) in [6.07, 6.45) is 1.77. The Kier molecular flexibility index (Phi) is 5.18. The number of hydrogen-bond acceptors (Lipinski definition) is 8. The van der Waals surface area contributed by atoms with Crippen LogP contribution in [0.1, 0.15) is 27.0 Å². The van der Waals surface area contributed by atoms with Crippen LogP contribution in [0.2, 0.25) is 0 Å². The van der Waals surface area contributed by atoms with Gasteiger partial charge in [-0.25, -0.2) is 0 Å². The highest BCUT2D eigenvalue weighted by molar-refractivity contribution is 7.98. The van der Waals surface area contributed by atoms with Crippen molar-refractivity contribution in [2.75, 3.05) is 0 Å². The average molecular weight is 391 g/mol. The van der Waals surface area contributed by atoms with E-state index in [1.165, 1.54) is 16.6 Å². The lowest BCUT2D eigenvalue weighted by Crippen LogP contribution is -2.02. The van der Waals surface area contributed by atoms with E-state index in [-0.39, 0.29) is 5.69 Å². The second-order valence-electron chi connectivity index (χ2n) is 5.58. The molecule has 0 radical (unpaired) electrons. The Bertz CT molecular complexity index is 986. The van der Waals surface area contributed by atoms with E-state index in [1.807, 2.05) is 26.0 Å². The minimum atomic E-state index is -0.404. The van der Waals surface area contributed by atoms with Crippen molar-refractivity contribution in [3.63, 3.8) is 0 Å². The van der Waals surface area contributed by atoms with E-state index < -0.39 is 4.92 Å². The number of nitro groups is 1. The molecule has 3 aromatic heterocycles. The van der Waals surface area contributed by atoms with Crippen molar-refractivity contribution in [2.45, 2.75) is 38.7 Å². The highest BCUT2D eigenvalue weighted by Gasteiger charge is 2.22. The van der Waals surface area contributed by atoms with Crippen LogP contribution in [0.15, 0.2) is 22.4 Å². The van der Waals surface area contributed by atoms with Gasteiger partial charge in [0.05, 0.1) is 17.0 Å². The van der Waals surface area contributed by atoms with Gasteiger partial charge < -0.3 is 0 Å². The third kappa shape index (κ3) is 3.68. The predicted molar refractivity (Wildman–Crippen MR) is 101 cm³/mol. The first kappa shape index (κ1) is 18.3. The Hall–Kier alpha value is -2.53. The molecule has 3 heterocycles. The van der Waals surface area contributed by atoms with Crippen LogP contribution in [-0.4, -0.2) is 35.8 Å². The smallest absolute Gasteiger partial charge is 0.258 e. The molecule has 0 spiro atoms. The molecule has 0 saturated carbocycles. The molecule has 3 rings (SSSR count). The number of nitrogens with zero attached hydrogens (tertiary/aromatic N) is 7. The zero-order valence-corrected chi connectivity index (χ0v) is 16.3. The quantitative estimate of drug-likeness (QED) is 0.276. The van der Waals surface area contributed by atoms with Crippen LogP contribution >= 0.6 is 23.1 Å². The minimum absolute atomic E-state index is 0.0503. The Balaban J connectivity index is 1.78. The van der Waals surface area contributed by atoms with Gasteiger partial charge in [0.1, 0.15) is 11.4 Å². The van der Waals surface area contributed by atoms with E-state index in [4.69, 9.17) is 0 Å². The fraction of sp³-hybridized carbons (Fsp3) is 0.333. The van der Waals surface area contributed by atoms with Crippen LogP contribution in [0.3, 0.4) is 0 Å². The lowest BCUT2D eigenvalue weighted by Gasteiger charge is -2.03. The van der Waals surface area contributed by atoms with Crippen LogP contribution in [-0.2, 0) is 5.88 Å². The van der Waals surface area contributed by atoms with Crippen LogP contribution in [0, 0.1) is 37.8 Å². The van der Waals surface area contributed by atoms with Gasteiger partial charge in [-0.2, -0.15) is 14.9 Å². The number of thioether (sulfide) groups is 1. The van der Waals surface area contributed by atoms with Gasteiger partial charge in [0.25, 0.3) is 0 Å². The van der Waals surface area contributed by atoms with Crippen molar-refractivity contribution in [1.29, 1.82) is 0 Å². The number of hydrogen-bond donors (Lipinski definition) is 0. The van der Waals surface area contributed by atoms with Crippen molar-refractivity contribution in [2.24, 2.45) is 5.10 Å². The monoisotopic (exact) mass is 391 g/mol. The third-order valence-corrected chi connectivity index (χ3v) is 5.49. The van der Waals surface area contributed by atoms with E-state index in [9.17, 15) is 10.1 Å². The van der Waals surface area contributed by atoms with E-state index in [2.05, 4.69) is 20.4 Å². The fourth-order valence-corrected chi connectivity index (χ4v) is 4.03. The summed E-state index contributed by atoms with van der Waals surface area (Å²) in [7, 11) is 0. The minimum Gasteiger partial charge on any atom is -0.258 e. The highest BCUT2D eigenvalue weighted by Crippen LogP contribution is 2.25. The lowest BCUT2D eigenvalue weighted by atomic mass is 10.3. The molecular formula is C15H17N7O2S2. The standard InChI is InChI=1S/C15H17N7O2S2/c1-9-5-6-13(26-9)7-16-21-12(4)17-18-15(21)25-8-20-11(3)14(22(23)24)10(2)19-20/h5-7H,8H2,1-4H3/b16-7-. The molecule has 26 heavy (non-hydrogen) atoms. The Morgan fingerprint density at radius 1 is 1.31 bits per heavy atom. The number of aromatic nitrogens is 5. The first-order valence-corrected chi connectivity index (χ1v) is 9.51. The fourth-order valence-electron chi connectivity index (χ4n) is 2.39. The number of thiophene rings is 1. The van der Waals surface area contributed by atoms with Gasteiger partial charge in [-0.3, -0.25) is 14.8 Å². The van der Waals surface area contributed by atoms with Crippen LogP contribution in [0.4, 0.5) is 5.69 Å². The van der Waals surface area contributed by atoms with Crippen molar-refractivity contribution < 1.29 is 4.92 Å². The number of aryl methyl sites for hydroxylation is 3. The molecule has 0 N–H and O–H groups in total.